The fourth-order valence-electron chi connectivity index (χ4n) is 2.08. The fourth-order valence-corrected chi connectivity index (χ4v) is 3.66. The molecule has 4 nitrogen and oxygen atoms in total. The van der Waals surface area contributed by atoms with Crippen molar-refractivity contribution in [1.82, 2.24) is 0 Å². The Kier molecular flexibility index (Phi) is 4.82. The predicted molar refractivity (Wildman–Crippen MR) is 89.7 cm³/mol. The van der Waals surface area contributed by atoms with Crippen LogP contribution in [0.3, 0.4) is 0 Å². The largest absolute Gasteiger partial charge is 0.871 e. The van der Waals surface area contributed by atoms with Gasteiger partial charge in [0, 0.05) is 4.47 Å². The molecule has 0 saturated carbocycles. The van der Waals surface area contributed by atoms with Crippen molar-refractivity contribution in [2.24, 2.45) is 0 Å². The molecule has 0 atom stereocenters. The molecule has 0 spiro atoms. The lowest BCUT2D eigenvalue weighted by atomic mass is 9.99. The molecule has 0 aliphatic heterocycles. The van der Waals surface area contributed by atoms with E-state index in [-0.39, 0.29) is 16.6 Å². The van der Waals surface area contributed by atoms with E-state index < -0.39 is 10.0 Å². The van der Waals surface area contributed by atoms with E-state index in [9.17, 15) is 13.5 Å². The second-order valence-corrected chi connectivity index (χ2v) is 7.83. The highest BCUT2D eigenvalue weighted by Gasteiger charge is 2.17. The summed E-state index contributed by atoms with van der Waals surface area (Å²) in [6, 6.07) is 9.75. The molecule has 0 heterocycles. The normalized spacial score (nSPS) is 11.7. The highest BCUT2D eigenvalue weighted by Crippen LogP contribution is 2.38. The highest BCUT2D eigenvalue weighted by molar-refractivity contribution is 9.10. The molecule has 0 fully saturated rings. The molecule has 118 valence electrons. The van der Waals surface area contributed by atoms with Crippen LogP contribution in [0.5, 0.6) is 5.75 Å². The van der Waals surface area contributed by atoms with Gasteiger partial charge in [-0.2, -0.15) is 0 Å². The van der Waals surface area contributed by atoms with E-state index in [1.165, 1.54) is 12.1 Å². The quantitative estimate of drug-likeness (QED) is 0.874. The molecule has 0 aliphatic rings. The molecule has 2 aromatic carbocycles. The molecule has 0 radical (unpaired) electrons. The summed E-state index contributed by atoms with van der Waals surface area (Å²) in [5.74, 6) is -0.0976. The molecule has 0 bridgehead atoms. The standard InChI is InChI=1S/C16H18BrNO3S/c1-10(2)13-9-14(11(3)15(17)16(13)19)18-22(20,21)12-7-5-4-6-8-12/h4-10,18-19H,1-3H3/p-1. The van der Waals surface area contributed by atoms with Crippen molar-refractivity contribution < 1.29 is 13.5 Å². The van der Waals surface area contributed by atoms with Gasteiger partial charge in [0.2, 0.25) is 0 Å². The smallest absolute Gasteiger partial charge is 0.261 e. The first-order valence-electron chi connectivity index (χ1n) is 6.82. The van der Waals surface area contributed by atoms with Crippen LogP contribution in [0, 0.1) is 6.92 Å². The zero-order chi connectivity index (χ0) is 16.5. The molecule has 2 rings (SSSR count). The Labute approximate surface area is 139 Å². The van der Waals surface area contributed by atoms with Gasteiger partial charge in [-0.1, -0.05) is 59.3 Å². The molecule has 0 aliphatic carbocycles. The van der Waals surface area contributed by atoms with E-state index in [2.05, 4.69) is 20.7 Å². The van der Waals surface area contributed by atoms with E-state index >= 15 is 0 Å². The highest BCUT2D eigenvalue weighted by atomic mass is 79.9. The maximum atomic E-state index is 12.4. The summed E-state index contributed by atoms with van der Waals surface area (Å²) < 4.78 is 27.8. The Morgan fingerprint density at radius 2 is 1.77 bits per heavy atom. The summed E-state index contributed by atoms with van der Waals surface area (Å²) in [6.45, 7) is 5.50. The lowest BCUT2D eigenvalue weighted by Crippen LogP contribution is -2.15. The fraction of sp³-hybridized carbons (Fsp3) is 0.250. The number of halogens is 1. The monoisotopic (exact) mass is 382 g/mol. The minimum Gasteiger partial charge on any atom is -0.871 e. The van der Waals surface area contributed by atoms with E-state index in [1.807, 2.05) is 13.8 Å². The van der Waals surface area contributed by atoms with Gasteiger partial charge in [0.05, 0.1) is 10.6 Å². The van der Waals surface area contributed by atoms with Crippen molar-refractivity contribution in [2.75, 3.05) is 4.72 Å². The predicted octanol–water partition coefficient (Wildman–Crippen LogP) is 3.76. The van der Waals surface area contributed by atoms with Crippen LogP contribution in [0.1, 0.15) is 30.9 Å². The van der Waals surface area contributed by atoms with Crippen LogP contribution < -0.4 is 9.83 Å². The van der Waals surface area contributed by atoms with Crippen molar-refractivity contribution >= 4 is 31.6 Å². The minimum atomic E-state index is -3.68. The van der Waals surface area contributed by atoms with Crippen LogP contribution in [-0.4, -0.2) is 8.42 Å². The molecule has 2 aromatic rings. The minimum absolute atomic E-state index is 0.00405. The second kappa shape index (κ2) is 6.30. The van der Waals surface area contributed by atoms with Gasteiger partial charge in [-0.3, -0.25) is 4.72 Å². The zero-order valence-corrected chi connectivity index (χ0v) is 15.0. The molecular formula is C16H17BrNO3S-. The third-order valence-electron chi connectivity index (χ3n) is 3.41. The first kappa shape index (κ1) is 16.8. The van der Waals surface area contributed by atoms with Crippen molar-refractivity contribution in [3.8, 4) is 5.75 Å². The molecular weight excluding hydrogens is 366 g/mol. The van der Waals surface area contributed by atoms with Crippen LogP contribution in [0.25, 0.3) is 0 Å². The molecule has 0 saturated heterocycles. The van der Waals surface area contributed by atoms with Gasteiger partial charge in [0.15, 0.2) is 0 Å². The van der Waals surface area contributed by atoms with Crippen molar-refractivity contribution in [3.05, 3.63) is 52.0 Å². The summed E-state index contributed by atoms with van der Waals surface area (Å²) in [5, 5.41) is 12.2. The first-order valence-corrected chi connectivity index (χ1v) is 9.09. The Bertz CT molecular complexity index is 787. The number of sulfonamides is 1. The lowest BCUT2D eigenvalue weighted by molar-refractivity contribution is -0.270. The number of hydrogen-bond acceptors (Lipinski definition) is 3. The summed E-state index contributed by atoms with van der Waals surface area (Å²) in [4.78, 5) is 0.183. The molecule has 0 aromatic heterocycles. The van der Waals surface area contributed by atoms with E-state index in [0.29, 0.717) is 21.3 Å². The zero-order valence-electron chi connectivity index (χ0n) is 12.6. The van der Waals surface area contributed by atoms with Crippen LogP contribution in [0.15, 0.2) is 45.8 Å². The van der Waals surface area contributed by atoms with E-state index in [4.69, 9.17) is 0 Å². The van der Waals surface area contributed by atoms with Gasteiger partial charge in [-0.15, -0.1) is 0 Å². The average Bonchev–Trinajstić information content (AvgIpc) is 2.48. The summed E-state index contributed by atoms with van der Waals surface area (Å²) in [7, 11) is -3.68. The second-order valence-electron chi connectivity index (χ2n) is 5.35. The Hall–Kier alpha value is -1.53. The summed E-state index contributed by atoms with van der Waals surface area (Å²) >= 11 is 3.27. The van der Waals surface area contributed by atoms with Crippen LogP contribution in [0.4, 0.5) is 5.69 Å². The van der Waals surface area contributed by atoms with Gasteiger partial charge < -0.3 is 5.11 Å². The summed E-state index contributed by atoms with van der Waals surface area (Å²) in [6.07, 6.45) is 0. The van der Waals surface area contributed by atoms with Gasteiger partial charge in [-0.05, 0) is 36.6 Å². The molecule has 1 N–H and O–H groups in total. The van der Waals surface area contributed by atoms with Crippen LogP contribution >= 0.6 is 15.9 Å². The van der Waals surface area contributed by atoms with Crippen LogP contribution in [0.2, 0.25) is 0 Å². The number of benzene rings is 2. The topological polar surface area (TPSA) is 69.2 Å². The molecule has 22 heavy (non-hydrogen) atoms. The van der Waals surface area contributed by atoms with Gasteiger partial charge in [0.25, 0.3) is 10.0 Å². The molecule has 0 unspecified atom stereocenters. The Morgan fingerprint density at radius 1 is 1.18 bits per heavy atom. The van der Waals surface area contributed by atoms with Crippen molar-refractivity contribution in [2.45, 2.75) is 31.6 Å². The van der Waals surface area contributed by atoms with E-state index in [0.717, 1.165) is 0 Å². The third-order valence-corrected chi connectivity index (χ3v) is 5.75. The average molecular weight is 383 g/mol. The van der Waals surface area contributed by atoms with Gasteiger partial charge >= 0.3 is 0 Å². The number of hydrogen-bond donors (Lipinski definition) is 1. The first-order chi connectivity index (χ1) is 10.2. The van der Waals surface area contributed by atoms with Gasteiger partial charge in [0.1, 0.15) is 0 Å². The maximum absolute atomic E-state index is 12.4. The van der Waals surface area contributed by atoms with Gasteiger partial charge in [-0.25, -0.2) is 8.42 Å². The Morgan fingerprint density at radius 3 is 2.32 bits per heavy atom. The summed E-state index contributed by atoms with van der Waals surface area (Å²) in [5.41, 5.74) is 1.57. The number of nitrogens with one attached hydrogen (secondary N) is 1. The SMILES string of the molecule is Cc1c(NS(=O)(=O)c2ccccc2)cc(C(C)C)c([O-])c1Br. The van der Waals surface area contributed by atoms with Crippen LogP contribution in [-0.2, 0) is 10.0 Å². The third kappa shape index (κ3) is 3.28. The van der Waals surface area contributed by atoms with Crippen molar-refractivity contribution in [3.63, 3.8) is 0 Å². The Balaban J connectivity index is 2.50. The van der Waals surface area contributed by atoms with Crippen molar-refractivity contribution in [1.29, 1.82) is 0 Å². The maximum Gasteiger partial charge on any atom is 0.261 e. The lowest BCUT2D eigenvalue weighted by Gasteiger charge is -2.23. The van der Waals surface area contributed by atoms with E-state index in [1.54, 1.807) is 31.2 Å². The molecule has 6 heteroatoms. The number of anilines is 1. The number of rotatable bonds is 4. The molecule has 0 amide bonds.